The summed E-state index contributed by atoms with van der Waals surface area (Å²) in [6, 6.07) is 3.27. The average molecular weight is 259 g/mol. The molecule has 0 saturated carbocycles. The second kappa shape index (κ2) is 4.51. The first-order chi connectivity index (χ1) is 7.57. The highest BCUT2D eigenvalue weighted by atomic mass is 35.5. The lowest BCUT2D eigenvalue weighted by molar-refractivity contribution is 0.601. The van der Waals surface area contributed by atoms with Gasteiger partial charge in [0.15, 0.2) is 9.84 Å². The molecule has 1 aromatic rings. The van der Waals surface area contributed by atoms with Crippen LogP contribution >= 0.6 is 11.6 Å². The van der Waals surface area contributed by atoms with E-state index in [-0.39, 0.29) is 17.5 Å². The Hall–Kier alpha value is -0.940. The molecule has 2 heterocycles. The molecule has 0 spiro atoms. The van der Waals surface area contributed by atoms with Crippen LogP contribution in [0.5, 0.6) is 0 Å². The largest absolute Gasteiger partial charge is 0.287 e. The van der Waals surface area contributed by atoms with Gasteiger partial charge in [-0.05, 0) is 17.7 Å². The Morgan fingerprint density at radius 2 is 2.06 bits per heavy atom. The molecule has 6 heteroatoms. The van der Waals surface area contributed by atoms with Crippen LogP contribution in [0.2, 0.25) is 0 Å². The molecule has 0 aliphatic carbocycles. The van der Waals surface area contributed by atoms with Crippen molar-refractivity contribution in [2.75, 3.05) is 11.5 Å². The number of nitrogens with zero attached hydrogens (tertiary/aromatic N) is 2. The maximum Gasteiger partial charge on any atom is 0.153 e. The van der Waals surface area contributed by atoms with Gasteiger partial charge in [-0.2, -0.15) is 0 Å². The number of hydrogen-bond donors (Lipinski definition) is 0. The minimum absolute atomic E-state index is 0.0207. The fourth-order valence-corrected chi connectivity index (χ4v) is 4.07. The Kier molecular flexibility index (Phi) is 3.25. The first-order valence-corrected chi connectivity index (χ1v) is 7.10. The third-order valence-electron chi connectivity index (χ3n) is 2.38. The number of aromatic nitrogens is 1. The summed E-state index contributed by atoms with van der Waals surface area (Å²) in [5.41, 5.74) is 0.892. The lowest BCUT2D eigenvalue weighted by atomic mass is 10.2. The first kappa shape index (κ1) is 11.5. The van der Waals surface area contributed by atoms with E-state index in [0.717, 1.165) is 5.56 Å². The van der Waals surface area contributed by atoms with Gasteiger partial charge in [0, 0.05) is 18.6 Å². The molecule has 0 aromatic carbocycles. The third kappa shape index (κ3) is 2.80. The average Bonchev–Trinajstić information content (AvgIpc) is 2.50. The van der Waals surface area contributed by atoms with Gasteiger partial charge in [0.25, 0.3) is 0 Å². The molecule has 2 rings (SSSR count). The summed E-state index contributed by atoms with van der Waals surface area (Å²) in [4.78, 5) is 8.09. The van der Waals surface area contributed by atoms with Crippen molar-refractivity contribution < 1.29 is 8.42 Å². The molecule has 0 bridgehead atoms. The van der Waals surface area contributed by atoms with Crippen molar-refractivity contribution in [3.63, 3.8) is 0 Å². The Morgan fingerprint density at radius 3 is 2.62 bits per heavy atom. The van der Waals surface area contributed by atoms with Gasteiger partial charge in [0.05, 0.1) is 22.9 Å². The van der Waals surface area contributed by atoms with Crippen molar-refractivity contribution in [2.24, 2.45) is 4.99 Å². The zero-order valence-electron chi connectivity index (χ0n) is 8.45. The Morgan fingerprint density at radius 1 is 1.38 bits per heavy atom. The Balaban J connectivity index is 2.09. The van der Waals surface area contributed by atoms with Crippen molar-refractivity contribution >= 4 is 27.7 Å². The van der Waals surface area contributed by atoms with Crippen LogP contribution in [0.3, 0.4) is 0 Å². The van der Waals surface area contributed by atoms with E-state index in [4.69, 9.17) is 11.6 Å². The van der Waals surface area contributed by atoms with Crippen molar-refractivity contribution in [1.29, 1.82) is 0 Å². The highest BCUT2D eigenvalue weighted by Gasteiger charge is 2.35. The van der Waals surface area contributed by atoms with Gasteiger partial charge in [-0.3, -0.25) is 9.98 Å². The molecular weight excluding hydrogens is 248 g/mol. The number of alkyl halides is 1. The lowest BCUT2D eigenvalue weighted by Gasteiger charge is -2.04. The minimum Gasteiger partial charge on any atom is -0.287 e. The fraction of sp³-hybridized carbons (Fsp3) is 0.400. The van der Waals surface area contributed by atoms with E-state index >= 15 is 0 Å². The van der Waals surface area contributed by atoms with Gasteiger partial charge in [0.2, 0.25) is 0 Å². The lowest BCUT2D eigenvalue weighted by Crippen LogP contribution is -2.16. The quantitative estimate of drug-likeness (QED) is 0.585. The topological polar surface area (TPSA) is 59.4 Å². The summed E-state index contributed by atoms with van der Waals surface area (Å²) in [5, 5.41) is -0.414. The first-order valence-electron chi connectivity index (χ1n) is 4.84. The number of halogens is 1. The second-order valence-electron chi connectivity index (χ2n) is 3.72. The molecule has 1 aliphatic heterocycles. The normalized spacial score (nSPS) is 28.6. The molecular formula is C10H11ClN2O2S. The van der Waals surface area contributed by atoms with Crippen LogP contribution in [0, 0.1) is 0 Å². The Bertz CT molecular complexity index is 487. The summed E-state index contributed by atoms with van der Waals surface area (Å²) in [6.45, 7) is 0. The monoisotopic (exact) mass is 258 g/mol. The summed E-state index contributed by atoms with van der Waals surface area (Å²) in [7, 11) is -3.01. The van der Waals surface area contributed by atoms with Crippen LogP contribution in [0.1, 0.15) is 5.56 Å². The van der Waals surface area contributed by atoms with Gasteiger partial charge < -0.3 is 0 Å². The molecule has 1 aliphatic rings. The van der Waals surface area contributed by atoms with Crippen LogP contribution in [-0.2, 0) is 9.84 Å². The highest BCUT2D eigenvalue weighted by molar-refractivity contribution is 7.91. The predicted octanol–water partition coefficient (Wildman–Crippen LogP) is 0.905. The van der Waals surface area contributed by atoms with Crippen LogP contribution in [0.25, 0.3) is 0 Å². The Labute approximate surface area is 99.3 Å². The van der Waals surface area contributed by atoms with Crippen LogP contribution in [0.15, 0.2) is 29.5 Å². The molecule has 1 saturated heterocycles. The van der Waals surface area contributed by atoms with Gasteiger partial charge in [-0.15, -0.1) is 11.6 Å². The van der Waals surface area contributed by atoms with Crippen LogP contribution in [-0.4, -0.2) is 42.5 Å². The maximum atomic E-state index is 11.3. The van der Waals surface area contributed by atoms with E-state index in [9.17, 15) is 8.42 Å². The minimum atomic E-state index is -3.01. The van der Waals surface area contributed by atoms with E-state index < -0.39 is 15.2 Å². The number of rotatable bonds is 2. The van der Waals surface area contributed by atoms with E-state index in [0.29, 0.717) is 0 Å². The van der Waals surface area contributed by atoms with E-state index in [1.807, 2.05) is 0 Å². The zero-order valence-corrected chi connectivity index (χ0v) is 10.0. The number of sulfone groups is 1. The standard InChI is InChI=1S/C10H11ClN2O2S/c11-9-6-16(14,15)7-10(9)13-5-8-1-3-12-4-2-8/h1-5,9-10H,6-7H2/t9-,10-/m0/s1. The molecule has 2 atom stereocenters. The van der Waals surface area contributed by atoms with Crippen LogP contribution in [0.4, 0.5) is 0 Å². The van der Waals surface area contributed by atoms with Gasteiger partial charge in [-0.1, -0.05) is 0 Å². The number of hydrogen-bond acceptors (Lipinski definition) is 4. The summed E-state index contributed by atoms with van der Waals surface area (Å²) in [6.07, 6.45) is 4.96. The van der Waals surface area contributed by atoms with Crippen molar-refractivity contribution in [1.82, 2.24) is 4.98 Å². The molecule has 1 fully saturated rings. The highest BCUT2D eigenvalue weighted by Crippen LogP contribution is 2.20. The smallest absolute Gasteiger partial charge is 0.153 e. The van der Waals surface area contributed by atoms with E-state index in [2.05, 4.69) is 9.98 Å². The summed E-state index contributed by atoms with van der Waals surface area (Å²) in [5.74, 6) is 0.0651. The summed E-state index contributed by atoms with van der Waals surface area (Å²) >= 11 is 5.92. The van der Waals surface area contributed by atoms with Gasteiger partial charge in [0.1, 0.15) is 0 Å². The molecule has 0 amide bonds. The zero-order chi connectivity index (χ0) is 11.6. The van der Waals surface area contributed by atoms with E-state index in [1.165, 1.54) is 0 Å². The van der Waals surface area contributed by atoms with E-state index in [1.54, 1.807) is 30.7 Å². The second-order valence-corrected chi connectivity index (χ2v) is 6.43. The predicted molar refractivity (Wildman–Crippen MR) is 63.9 cm³/mol. The van der Waals surface area contributed by atoms with Crippen molar-refractivity contribution in [3.05, 3.63) is 30.1 Å². The summed E-state index contributed by atoms with van der Waals surface area (Å²) < 4.78 is 22.6. The molecule has 16 heavy (non-hydrogen) atoms. The maximum absolute atomic E-state index is 11.3. The molecule has 0 N–H and O–H groups in total. The fourth-order valence-electron chi connectivity index (χ4n) is 1.55. The van der Waals surface area contributed by atoms with Crippen LogP contribution < -0.4 is 0 Å². The third-order valence-corrected chi connectivity index (χ3v) is 4.72. The molecule has 0 radical (unpaired) electrons. The molecule has 1 aromatic heterocycles. The SMILES string of the molecule is O=S1(=O)C[C@H](N=Cc2ccncc2)[C@@H](Cl)C1. The van der Waals surface area contributed by atoms with Crippen molar-refractivity contribution in [3.8, 4) is 0 Å². The number of aliphatic imine (C=N–C) groups is 1. The molecule has 0 unspecified atom stereocenters. The molecule has 86 valence electrons. The van der Waals surface area contributed by atoms with Gasteiger partial charge in [-0.25, -0.2) is 8.42 Å². The van der Waals surface area contributed by atoms with Gasteiger partial charge >= 0.3 is 0 Å². The number of pyridine rings is 1. The molecule has 4 nitrogen and oxygen atoms in total. The van der Waals surface area contributed by atoms with Crippen molar-refractivity contribution in [2.45, 2.75) is 11.4 Å².